The molecular weight excluding hydrogens is 437 g/mol. The van der Waals surface area contributed by atoms with Crippen molar-refractivity contribution in [1.29, 1.82) is 0 Å². The Hall–Kier alpha value is -1.87. The molecule has 0 saturated carbocycles. The van der Waals surface area contributed by atoms with Crippen molar-refractivity contribution >= 4 is 57.3 Å². The van der Waals surface area contributed by atoms with Gasteiger partial charge in [-0.1, -0.05) is 54.0 Å². The number of benzene rings is 1. The van der Waals surface area contributed by atoms with Crippen molar-refractivity contribution in [3.8, 4) is 11.3 Å². The number of thiazole rings is 1. The molecule has 146 valence electrons. The molecule has 0 bridgehead atoms. The number of aryl methyl sites for hydroxylation is 1. The Morgan fingerprint density at radius 2 is 2.18 bits per heavy atom. The van der Waals surface area contributed by atoms with Crippen LogP contribution in [-0.2, 0) is 11.2 Å². The lowest BCUT2D eigenvalue weighted by Crippen LogP contribution is -2.32. The maximum Gasteiger partial charge on any atom is 0.239 e. The second-order valence-electron chi connectivity index (χ2n) is 5.64. The number of aromatic amines is 1. The summed E-state index contributed by atoms with van der Waals surface area (Å²) in [5.41, 5.74) is 1.57. The van der Waals surface area contributed by atoms with Crippen molar-refractivity contribution in [3.05, 3.63) is 52.1 Å². The summed E-state index contributed by atoms with van der Waals surface area (Å²) in [6, 6.07) is 5.33. The van der Waals surface area contributed by atoms with E-state index in [0.717, 1.165) is 23.5 Å². The van der Waals surface area contributed by atoms with Crippen molar-refractivity contribution in [2.75, 3.05) is 17.2 Å². The fourth-order valence-electron chi connectivity index (χ4n) is 2.30. The first-order valence-corrected chi connectivity index (χ1v) is 11.0. The van der Waals surface area contributed by atoms with E-state index in [0.29, 0.717) is 26.9 Å². The Kier molecular flexibility index (Phi) is 7.12. The molecule has 0 atom stereocenters. The van der Waals surface area contributed by atoms with Crippen LogP contribution in [0.1, 0.15) is 12.7 Å². The normalized spacial score (nSPS) is 10.8. The molecule has 0 aliphatic rings. The molecule has 6 nitrogen and oxygen atoms in total. The Morgan fingerprint density at radius 1 is 1.36 bits per heavy atom. The highest BCUT2D eigenvalue weighted by Gasteiger charge is 2.19. The monoisotopic (exact) mass is 453 g/mol. The highest BCUT2D eigenvalue weighted by Crippen LogP contribution is 2.32. The van der Waals surface area contributed by atoms with Gasteiger partial charge in [0.1, 0.15) is 5.82 Å². The van der Waals surface area contributed by atoms with Crippen molar-refractivity contribution in [3.63, 3.8) is 0 Å². The zero-order chi connectivity index (χ0) is 20.1. The predicted octanol–water partition coefficient (Wildman–Crippen LogP) is 5.11. The van der Waals surface area contributed by atoms with E-state index < -0.39 is 0 Å². The molecule has 1 N–H and O–H groups in total. The number of hydrogen-bond acceptors (Lipinski definition) is 6. The van der Waals surface area contributed by atoms with Gasteiger partial charge in [0.15, 0.2) is 5.13 Å². The van der Waals surface area contributed by atoms with E-state index in [-0.39, 0.29) is 11.7 Å². The van der Waals surface area contributed by atoms with E-state index in [1.54, 1.807) is 23.1 Å². The lowest BCUT2D eigenvalue weighted by atomic mass is 10.2. The van der Waals surface area contributed by atoms with Gasteiger partial charge in [0.2, 0.25) is 11.1 Å². The Morgan fingerprint density at radius 3 is 2.86 bits per heavy atom. The van der Waals surface area contributed by atoms with Crippen molar-refractivity contribution in [2.45, 2.75) is 18.5 Å². The van der Waals surface area contributed by atoms with Crippen LogP contribution in [0, 0.1) is 0 Å². The smallest absolute Gasteiger partial charge is 0.239 e. The van der Waals surface area contributed by atoms with Crippen molar-refractivity contribution in [1.82, 2.24) is 20.2 Å². The maximum atomic E-state index is 12.7. The summed E-state index contributed by atoms with van der Waals surface area (Å²) in [5, 5.41) is 10.9. The third-order valence-electron chi connectivity index (χ3n) is 3.72. The molecule has 3 rings (SSSR count). The van der Waals surface area contributed by atoms with Crippen LogP contribution in [-0.4, -0.2) is 38.4 Å². The van der Waals surface area contributed by atoms with Crippen LogP contribution in [0.5, 0.6) is 0 Å². The number of halogens is 2. The van der Waals surface area contributed by atoms with E-state index >= 15 is 0 Å². The number of anilines is 1. The van der Waals surface area contributed by atoms with Crippen LogP contribution in [0.15, 0.2) is 41.4 Å². The minimum absolute atomic E-state index is 0.0946. The number of nitrogens with zero attached hydrogens (tertiary/aromatic N) is 4. The quantitative estimate of drug-likeness (QED) is 0.378. The highest BCUT2D eigenvalue weighted by molar-refractivity contribution is 7.99. The van der Waals surface area contributed by atoms with Crippen LogP contribution >= 0.6 is 46.3 Å². The van der Waals surface area contributed by atoms with E-state index in [1.165, 1.54) is 23.1 Å². The van der Waals surface area contributed by atoms with Crippen molar-refractivity contribution < 1.29 is 4.79 Å². The largest absolute Gasteiger partial charge is 0.284 e. The van der Waals surface area contributed by atoms with Crippen LogP contribution < -0.4 is 4.90 Å². The van der Waals surface area contributed by atoms with Gasteiger partial charge in [0, 0.05) is 23.9 Å². The molecule has 0 aliphatic carbocycles. The third kappa shape index (κ3) is 4.94. The number of H-pyrrole nitrogens is 1. The van der Waals surface area contributed by atoms with Crippen LogP contribution in [0.3, 0.4) is 0 Å². The summed E-state index contributed by atoms with van der Waals surface area (Å²) >= 11 is 14.7. The summed E-state index contributed by atoms with van der Waals surface area (Å²) in [6.07, 6.45) is 2.44. The second-order valence-corrected chi connectivity index (χ2v) is 8.24. The summed E-state index contributed by atoms with van der Waals surface area (Å²) in [6.45, 7) is 6.09. The average molecular weight is 454 g/mol. The first-order valence-electron chi connectivity index (χ1n) is 8.38. The zero-order valence-corrected chi connectivity index (χ0v) is 18.1. The lowest BCUT2D eigenvalue weighted by Gasteiger charge is -2.17. The fourth-order valence-corrected chi connectivity index (χ4v) is 4.15. The summed E-state index contributed by atoms with van der Waals surface area (Å²) in [5.74, 6) is 0.906. The molecule has 3 aromatic rings. The van der Waals surface area contributed by atoms with E-state index in [2.05, 4.69) is 26.7 Å². The molecule has 0 saturated heterocycles. The number of hydrogen-bond donors (Lipinski definition) is 1. The Balaban J connectivity index is 1.74. The molecule has 2 aromatic heterocycles. The molecule has 0 spiro atoms. The van der Waals surface area contributed by atoms with Gasteiger partial charge in [-0.2, -0.15) is 0 Å². The fraction of sp³-hybridized carbons (Fsp3) is 0.222. The topological polar surface area (TPSA) is 74.8 Å². The molecule has 1 aromatic carbocycles. The van der Waals surface area contributed by atoms with Crippen molar-refractivity contribution in [2.24, 2.45) is 0 Å². The molecule has 0 unspecified atom stereocenters. The van der Waals surface area contributed by atoms with Gasteiger partial charge < -0.3 is 0 Å². The summed E-state index contributed by atoms with van der Waals surface area (Å²) in [7, 11) is 0. The van der Waals surface area contributed by atoms with Gasteiger partial charge in [0.05, 0.1) is 21.5 Å². The van der Waals surface area contributed by atoms with Crippen LogP contribution in [0.2, 0.25) is 10.0 Å². The van der Waals surface area contributed by atoms with Gasteiger partial charge in [-0.3, -0.25) is 14.8 Å². The average Bonchev–Trinajstić information content (AvgIpc) is 3.36. The molecule has 0 aliphatic heterocycles. The number of aromatic nitrogens is 4. The molecule has 28 heavy (non-hydrogen) atoms. The van der Waals surface area contributed by atoms with E-state index in [4.69, 9.17) is 23.2 Å². The van der Waals surface area contributed by atoms with Crippen LogP contribution in [0.25, 0.3) is 11.3 Å². The van der Waals surface area contributed by atoms with E-state index in [9.17, 15) is 4.79 Å². The van der Waals surface area contributed by atoms with Gasteiger partial charge in [-0.25, -0.2) is 9.97 Å². The van der Waals surface area contributed by atoms with Gasteiger partial charge >= 0.3 is 0 Å². The minimum Gasteiger partial charge on any atom is -0.284 e. The van der Waals surface area contributed by atoms with E-state index in [1.807, 2.05) is 18.4 Å². The van der Waals surface area contributed by atoms with Gasteiger partial charge in [-0.15, -0.1) is 23.0 Å². The predicted molar refractivity (Wildman–Crippen MR) is 117 cm³/mol. The van der Waals surface area contributed by atoms with Gasteiger partial charge in [0.25, 0.3) is 0 Å². The lowest BCUT2D eigenvalue weighted by molar-refractivity contribution is -0.116. The summed E-state index contributed by atoms with van der Waals surface area (Å²) in [4.78, 5) is 23.2. The summed E-state index contributed by atoms with van der Waals surface area (Å²) < 4.78 is 0. The molecule has 10 heteroatoms. The minimum atomic E-state index is -0.0946. The zero-order valence-electron chi connectivity index (χ0n) is 15.0. The van der Waals surface area contributed by atoms with Crippen LogP contribution in [0.4, 0.5) is 5.13 Å². The Labute approximate surface area is 181 Å². The number of thioether (sulfide) groups is 1. The molecule has 0 radical (unpaired) electrons. The first kappa shape index (κ1) is 20.9. The molecule has 2 heterocycles. The SMILES string of the molecule is C=CCN(C(=O)CSc1n[nH]c(CC)n1)c1nc(-c2ccc(Cl)c(Cl)c2)cs1. The van der Waals surface area contributed by atoms with Gasteiger partial charge in [-0.05, 0) is 12.1 Å². The molecular formula is C18H17Cl2N5OS2. The third-order valence-corrected chi connectivity index (χ3v) is 6.16. The molecule has 1 amide bonds. The number of carbonyl (C=O) groups excluding carboxylic acids is 1. The number of amides is 1. The molecule has 0 fully saturated rings. The number of rotatable bonds is 8. The highest BCUT2D eigenvalue weighted by atomic mass is 35.5. The number of nitrogens with one attached hydrogen (secondary N) is 1. The second kappa shape index (κ2) is 9.56. The maximum absolute atomic E-state index is 12.7. The first-order chi connectivity index (χ1) is 13.5. The number of carbonyl (C=O) groups is 1. The Bertz CT molecular complexity index is 988. The standard InChI is InChI=1S/C18H17Cl2N5OS2/c1-3-7-25(16(26)10-27-17-22-15(4-2)23-24-17)18-21-14(9-28-18)11-5-6-12(19)13(20)8-11/h3,5-6,8-9H,1,4,7,10H2,2H3,(H,22,23,24).